The predicted octanol–water partition coefficient (Wildman–Crippen LogP) is 2.38. The molecule has 5 heteroatoms. The highest BCUT2D eigenvalue weighted by molar-refractivity contribution is 5.85. The average molecular weight is 258 g/mol. The van der Waals surface area contributed by atoms with E-state index in [-0.39, 0.29) is 5.69 Å². The van der Waals surface area contributed by atoms with Crippen molar-refractivity contribution < 1.29 is 14.6 Å². The lowest BCUT2D eigenvalue weighted by atomic mass is 10.2. The molecule has 0 spiro atoms. The van der Waals surface area contributed by atoms with Gasteiger partial charge in [0, 0.05) is 6.61 Å². The molecule has 0 saturated heterocycles. The van der Waals surface area contributed by atoms with Crippen LogP contribution in [0, 0.1) is 0 Å². The third kappa shape index (κ3) is 3.35. The van der Waals surface area contributed by atoms with E-state index in [4.69, 9.17) is 9.84 Å². The highest BCUT2D eigenvalue weighted by Gasteiger charge is 2.08. The molecule has 2 heterocycles. The van der Waals surface area contributed by atoms with Gasteiger partial charge < -0.3 is 9.84 Å². The molecule has 0 aromatic carbocycles. The Balaban J connectivity index is 2.30. The number of carbonyl (C=O) groups is 1. The minimum atomic E-state index is -1.05. The first-order valence-corrected chi connectivity index (χ1v) is 5.95. The predicted molar refractivity (Wildman–Crippen MR) is 69.8 cm³/mol. The van der Waals surface area contributed by atoms with E-state index in [0.717, 1.165) is 5.69 Å². The molecule has 2 aromatic rings. The number of hydrogen-bond acceptors (Lipinski definition) is 4. The molecule has 2 aromatic heterocycles. The van der Waals surface area contributed by atoms with Gasteiger partial charge in [-0.25, -0.2) is 14.8 Å². The zero-order chi connectivity index (χ0) is 13.7. The van der Waals surface area contributed by atoms with Gasteiger partial charge in [-0.3, -0.25) is 0 Å². The molecule has 98 valence electrons. The third-order valence-corrected chi connectivity index (χ3v) is 2.49. The van der Waals surface area contributed by atoms with Gasteiger partial charge in [-0.05, 0) is 31.2 Å². The monoisotopic (exact) mass is 258 g/mol. The molecule has 0 aliphatic heterocycles. The fourth-order valence-electron chi connectivity index (χ4n) is 1.61. The van der Waals surface area contributed by atoms with Crippen LogP contribution in [0.1, 0.15) is 23.1 Å². The molecule has 19 heavy (non-hydrogen) atoms. The van der Waals surface area contributed by atoms with Crippen molar-refractivity contribution >= 4 is 5.97 Å². The maximum absolute atomic E-state index is 10.9. The van der Waals surface area contributed by atoms with Gasteiger partial charge in [-0.15, -0.1) is 0 Å². The normalized spacial score (nSPS) is 10.4. The summed E-state index contributed by atoms with van der Waals surface area (Å²) in [7, 11) is 0. The number of nitrogens with zero attached hydrogens (tertiary/aromatic N) is 2. The van der Waals surface area contributed by atoms with Crippen LogP contribution in [0.2, 0.25) is 0 Å². The standard InChI is InChI=1S/C14H14N2O3/c1-2-19-9-10-5-3-6-11(15-10)12-7-4-8-13(16-12)14(17)18/h3-8H,2,9H2,1H3,(H,17,18). The Morgan fingerprint density at radius 2 is 1.84 bits per heavy atom. The Morgan fingerprint density at radius 3 is 2.53 bits per heavy atom. The second kappa shape index (κ2) is 6.06. The van der Waals surface area contributed by atoms with Gasteiger partial charge in [0.1, 0.15) is 5.69 Å². The third-order valence-electron chi connectivity index (χ3n) is 2.49. The van der Waals surface area contributed by atoms with Crippen LogP contribution in [-0.2, 0) is 11.3 Å². The Bertz CT molecular complexity index is 584. The molecule has 0 bridgehead atoms. The van der Waals surface area contributed by atoms with E-state index in [0.29, 0.717) is 24.6 Å². The molecule has 5 nitrogen and oxygen atoms in total. The number of carboxylic acids is 1. The second-order valence-electron chi connectivity index (χ2n) is 3.86. The molecule has 0 radical (unpaired) electrons. The lowest BCUT2D eigenvalue weighted by molar-refractivity contribution is 0.0690. The SMILES string of the molecule is CCOCc1cccc(-c2cccc(C(=O)O)n2)n1. The van der Waals surface area contributed by atoms with Crippen molar-refractivity contribution in [3.63, 3.8) is 0 Å². The number of ether oxygens (including phenoxy) is 1. The van der Waals surface area contributed by atoms with Gasteiger partial charge in [0.05, 0.1) is 23.7 Å². The lowest BCUT2D eigenvalue weighted by Crippen LogP contribution is -2.02. The fourth-order valence-corrected chi connectivity index (χ4v) is 1.61. The molecule has 2 rings (SSSR count). The lowest BCUT2D eigenvalue weighted by Gasteiger charge is -2.05. The molecular formula is C14H14N2O3. The first-order chi connectivity index (χ1) is 9.20. The highest BCUT2D eigenvalue weighted by atomic mass is 16.5. The molecule has 0 aliphatic carbocycles. The highest BCUT2D eigenvalue weighted by Crippen LogP contribution is 2.15. The summed E-state index contributed by atoms with van der Waals surface area (Å²) in [5.74, 6) is -1.05. The quantitative estimate of drug-likeness (QED) is 0.891. The first-order valence-electron chi connectivity index (χ1n) is 5.95. The van der Waals surface area contributed by atoms with Crippen molar-refractivity contribution in [3.05, 3.63) is 47.8 Å². The number of carboxylic acid groups (broad SMARTS) is 1. The maximum Gasteiger partial charge on any atom is 0.354 e. The summed E-state index contributed by atoms with van der Waals surface area (Å²) >= 11 is 0. The number of aromatic nitrogens is 2. The number of pyridine rings is 2. The second-order valence-corrected chi connectivity index (χ2v) is 3.86. The van der Waals surface area contributed by atoms with E-state index in [1.165, 1.54) is 6.07 Å². The summed E-state index contributed by atoms with van der Waals surface area (Å²) in [5.41, 5.74) is 1.98. The van der Waals surface area contributed by atoms with Gasteiger partial charge in [0.2, 0.25) is 0 Å². The van der Waals surface area contributed by atoms with Crippen molar-refractivity contribution in [1.82, 2.24) is 9.97 Å². The summed E-state index contributed by atoms with van der Waals surface area (Å²) < 4.78 is 5.30. The molecule has 0 amide bonds. The summed E-state index contributed by atoms with van der Waals surface area (Å²) in [6.45, 7) is 2.98. The summed E-state index contributed by atoms with van der Waals surface area (Å²) in [5, 5.41) is 8.92. The molecular weight excluding hydrogens is 244 g/mol. The van der Waals surface area contributed by atoms with Gasteiger partial charge in [-0.1, -0.05) is 12.1 Å². The Morgan fingerprint density at radius 1 is 1.16 bits per heavy atom. The van der Waals surface area contributed by atoms with Gasteiger partial charge in [0.25, 0.3) is 0 Å². The van der Waals surface area contributed by atoms with Crippen LogP contribution in [0.3, 0.4) is 0 Å². The van der Waals surface area contributed by atoms with E-state index < -0.39 is 5.97 Å². The minimum Gasteiger partial charge on any atom is -0.477 e. The van der Waals surface area contributed by atoms with Crippen molar-refractivity contribution in [2.24, 2.45) is 0 Å². The van der Waals surface area contributed by atoms with Crippen LogP contribution < -0.4 is 0 Å². The average Bonchev–Trinajstić information content (AvgIpc) is 2.45. The van der Waals surface area contributed by atoms with E-state index >= 15 is 0 Å². The summed E-state index contributed by atoms with van der Waals surface area (Å²) in [4.78, 5) is 19.4. The van der Waals surface area contributed by atoms with Crippen molar-refractivity contribution in [2.75, 3.05) is 6.61 Å². The zero-order valence-electron chi connectivity index (χ0n) is 10.5. The van der Waals surface area contributed by atoms with Crippen LogP contribution in [0.4, 0.5) is 0 Å². The van der Waals surface area contributed by atoms with Crippen molar-refractivity contribution in [3.8, 4) is 11.4 Å². The van der Waals surface area contributed by atoms with Crippen LogP contribution >= 0.6 is 0 Å². The van der Waals surface area contributed by atoms with Gasteiger partial charge >= 0.3 is 5.97 Å². The van der Waals surface area contributed by atoms with Crippen LogP contribution in [0.25, 0.3) is 11.4 Å². The Labute approximate surface area is 110 Å². The van der Waals surface area contributed by atoms with Crippen molar-refractivity contribution in [2.45, 2.75) is 13.5 Å². The Kier molecular flexibility index (Phi) is 4.20. The minimum absolute atomic E-state index is 0.00881. The summed E-state index contributed by atoms with van der Waals surface area (Å²) in [6, 6.07) is 10.4. The summed E-state index contributed by atoms with van der Waals surface area (Å²) in [6.07, 6.45) is 0. The zero-order valence-corrected chi connectivity index (χ0v) is 10.5. The Hall–Kier alpha value is -2.27. The largest absolute Gasteiger partial charge is 0.477 e. The van der Waals surface area contributed by atoms with E-state index in [1.54, 1.807) is 18.2 Å². The first kappa shape index (κ1) is 13.2. The van der Waals surface area contributed by atoms with Crippen LogP contribution in [0.5, 0.6) is 0 Å². The van der Waals surface area contributed by atoms with Gasteiger partial charge in [-0.2, -0.15) is 0 Å². The molecule has 0 saturated carbocycles. The van der Waals surface area contributed by atoms with Crippen molar-refractivity contribution in [1.29, 1.82) is 0 Å². The molecule has 0 fully saturated rings. The van der Waals surface area contributed by atoms with E-state index in [2.05, 4.69) is 9.97 Å². The molecule has 0 atom stereocenters. The molecule has 1 N–H and O–H groups in total. The molecule has 0 aliphatic rings. The smallest absolute Gasteiger partial charge is 0.354 e. The van der Waals surface area contributed by atoms with E-state index in [9.17, 15) is 4.79 Å². The number of rotatable bonds is 5. The number of hydrogen-bond donors (Lipinski definition) is 1. The maximum atomic E-state index is 10.9. The number of aromatic carboxylic acids is 1. The molecule has 0 unspecified atom stereocenters. The van der Waals surface area contributed by atoms with E-state index in [1.807, 2.05) is 19.1 Å². The fraction of sp³-hybridized carbons (Fsp3) is 0.214. The van der Waals surface area contributed by atoms with Crippen LogP contribution in [-0.4, -0.2) is 27.7 Å². The van der Waals surface area contributed by atoms with Gasteiger partial charge in [0.15, 0.2) is 0 Å². The topological polar surface area (TPSA) is 72.3 Å². The van der Waals surface area contributed by atoms with Crippen LogP contribution in [0.15, 0.2) is 36.4 Å².